The molecule has 2 unspecified atom stereocenters. The molecule has 0 aromatic heterocycles. The molecular weight excluding hydrogens is 244 g/mol. The van der Waals surface area contributed by atoms with Gasteiger partial charge < -0.3 is 10.2 Å². The molecule has 0 aliphatic heterocycles. The van der Waals surface area contributed by atoms with Gasteiger partial charge in [0.1, 0.15) is 0 Å². The lowest BCUT2D eigenvalue weighted by Gasteiger charge is -2.08. The van der Waals surface area contributed by atoms with E-state index in [0.29, 0.717) is 5.92 Å². The van der Waals surface area contributed by atoms with Crippen LogP contribution in [0.5, 0.6) is 0 Å². The van der Waals surface area contributed by atoms with Gasteiger partial charge in [0.15, 0.2) is 0 Å². The van der Waals surface area contributed by atoms with Crippen molar-refractivity contribution < 1.29 is 10.2 Å². The maximum atomic E-state index is 9.80. The van der Waals surface area contributed by atoms with Crippen molar-refractivity contribution in [2.24, 2.45) is 0 Å². The number of benzene rings is 1. The van der Waals surface area contributed by atoms with Gasteiger partial charge in [0, 0.05) is 11.1 Å². The van der Waals surface area contributed by atoms with E-state index in [-0.39, 0.29) is 12.7 Å². The van der Waals surface area contributed by atoms with Gasteiger partial charge in [-0.05, 0) is 42.0 Å². The molecule has 0 saturated heterocycles. The summed E-state index contributed by atoms with van der Waals surface area (Å²) in [6, 6.07) is 5.99. The Morgan fingerprint density at radius 2 is 2.14 bits per heavy atom. The van der Waals surface area contributed by atoms with E-state index in [1.54, 1.807) is 0 Å². The van der Waals surface area contributed by atoms with Crippen molar-refractivity contribution in [1.82, 2.24) is 0 Å². The predicted octanol–water partition coefficient (Wildman–Crippen LogP) is 2.35. The first kappa shape index (κ1) is 10.1. The van der Waals surface area contributed by atoms with E-state index >= 15 is 0 Å². The highest BCUT2D eigenvalue weighted by Gasteiger charge is 2.28. The molecule has 1 aliphatic carbocycles. The zero-order chi connectivity index (χ0) is 10.1. The molecule has 14 heavy (non-hydrogen) atoms. The molecule has 0 spiro atoms. The molecule has 0 amide bonds. The molecule has 2 N–H and O–H groups in total. The Hall–Kier alpha value is -0.380. The van der Waals surface area contributed by atoms with Crippen LogP contribution in [0.15, 0.2) is 22.7 Å². The molecule has 0 radical (unpaired) electrons. The molecule has 2 atom stereocenters. The average molecular weight is 257 g/mol. The van der Waals surface area contributed by atoms with Crippen LogP contribution in [0.4, 0.5) is 0 Å². The SMILES string of the molecule is OCCC1CC(O)c2cc(Br)ccc21. The normalized spacial score (nSPS) is 25.1. The Morgan fingerprint density at radius 1 is 1.36 bits per heavy atom. The highest BCUT2D eigenvalue weighted by Crippen LogP contribution is 2.42. The second-order valence-electron chi connectivity index (χ2n) is 3.73. The topological polar surface area (TPSA) is 40.5 Å². The number of aliphatic hydroxyl groups is 2. The van der Waals surface area contributed by atoms with E-state index in [2.05, 4.69) is 15.9 Å². The summed E-state index contributed by atoms with van der Waals surface area (Å²) in [6.45, 7) is 0.187. The molecule has 76 valence electrons. The highest BCUT2D eigenvalue weighted by atomic mass is 79.9. The van der Waals surface area contributed by atoms with E-state index in [1.807, 2.05) is 18.2 Å². The van der Waals surface area contributed by atoms with Gasteiger partial charge in [-0.1, -0.05) is 22.0 Å². The lowest BCUT2D eigenvalue weighted by atomic mass is 9.98. The zero-order valence-electron chi connectivity index (χ0n) is 7.78. The van der Waals surface area contributed by atoms with Gasteiger partial charge in [-0.25, -0.2) is 0 Å². The molecule has 3 heteroatoms. The zero-order valence-corrected chi connectivity index (χ0v) is 9.37. The van der Waals surface area contributed by atoms with Crippen LogP contribution in [-0.2, 0) is 0 Å². The van der Waals surface area contributed by atoms with Gasteiger partial charge in [-0.3, -0.25) is 0 Å². The number of rotatable bonds is 2. The second kappa shape index (κ2) is 4.01. The van der Waals surface area contributed by atoms with Crippen LogP contribution in [0.25, 0.3) is 0 Å². The second-order valence-corrected chi connectivity index (χ2v) is 4.65. The smallest absolute Gasteiger partial charge is 0.0799 e. The fourth-order valence-corrected chi connectivity index (χ4v) is 2.54. The van der Waals surface area contributed by atoms with Crippen LogP contribution < -0.4 is 0 Å². The predicted molar refractivity (Wildman–Crippen MR) is 58.2 cm³/mol. The van der Waals surface area contributed by atoms with Gasteiger partial charge in [-0.2, -0.15) is 0 Å². The fourth-order valence-electron chi connectivity index (χ4n) is 2.16. The van der Waals surface area contributed by atoms with Crippen LogP contribution in [0.2, 0.25) is 0 Å². The maximum absolute atomic E-state index is 9.80. The van der Waals surface area contributed by atoms with Gasteiger partial charge in [0.05, 0.1) is 6.10 Å². The van der Waals surface area contributed by atoms with Crippen molar-refractivity contribution >= 4 is 15.9 Å². The first-order valence-corrected chi connectivity index (χ1v) is 5.60. The van der Waals surface area contributed by atoms with Gasteiger partial charge >= 0.3 is 0 Å². The van der Waals surface area contributed by atoms with Gasteiger partial charge in [0.2, 0.25) is 0 Å². The standard InChI is InChI=1S/C11H13BrO2/c12-8-1-2-9-7(3-4-13)5-11(14)10(9)6-8/h1-2,6-7,11,13-14H,3-5H2. The number of halogens is 1. The first-order valence-electron chi connectivity index (χ1n) is 4.80. The van der Waals surface area contributed by atoms with Crippen molar-refractivity contribution in [1.29, 1.82) is 0 Å². The van der Waals surface area contributed by atoms with Crippen molar-refractivity contribution in [2.75, 3.05) is 6.61 Å². The molecule has 0 saturated carbocycles. The largest absolute Gasteiger partial charge is 0.396 e. The van der Waals surface area contributed by atoms with Gasteiger partial charge in [0.25, 0.3) is 0 Å². The summed E-state index contributed by atoms with van der Waals surface area (Å²) in [5, 5.41) is 18.7. The Bertz CT molecular complexity index is 338. The third kappa shape index (κ3) is 1.72. The minimum atomic E-state index is -0.362. The summed E-state index contributed by atoms with van der Waals surface area (Å²) < 4.78 is 1.000. The van der Waals surface area contributed by atoms with Crippen LogP contribution >= 0.6 is 15.9 Å². The molecular formula is C11H13BrO2. The number of hydrogen-bond donors (Lipinski definition) is 2. The molecule has 0 heterocycles. The monoisotopic (exact) mass is 256 g/mol. The van der Waals surface area contributed by atoms with Crippen molar-refractivity contribution in [3.05, 3.63) is 33.8 Å². The molecule has 1 aliphatic rings. The van der Waals surface area contributed by atoms with Crippen LogP contribution in [0.3, 0.4) is 0 Å². The fraction of sp³-hybridized carbons (Fsp3) is 0.455. The third-order valence-electron chi connectivity index (χ3n) is 2.83. The summed E-state index contributed by atoms with van der Waals surface area (Å²) in [4.78, 5) is 0. The third-order valence-corrected chi connectivity index (χ3v) is 3.33. The average Bonchev–Trinajstić information content (AvgIpc) is 2.44. The minimum absolute atomic E-state index is 0.187. The molecule has 2 nitrogen and oxygen atoms in total. The number of fused-ring (bicyclic) bond motifs is 1. The van der Waals surface area contributed by atoms with Crippen LogP contribution in [-0.4, -0.2) is 16.8 Å². The Kier molecular flexibility index (Phi) is 2.91. The highest BCUT2D eigenvalue weighted by molar-refractivity contribution is 9.10. The quantitative estimate of drug-likeness (QED) is 0.853. The molecule has 1 aromatic rings. The Morgan fingerprint density at radius 3 is 2.86 bits per heavy atom. The van der Waals surface area contributed by atoms with Crippen molar-refractivity contribution in [3.8, 4) is 0 Å². The van der Waals surface area contributed by atoms with E-state index in [9.17, 15) is 5.11 Å². The van der Waals surface area contributed by atoms with Crippen molar-refractivity contribution in [2.45, 2.75) is 24.9 Å². The van der Waals surface area contributed by atoms with Crippen LogP contribution in [0, 0.1) is 0 Å². The summed E-state index contributed by atoms with van der Waals surface area (Å²) in [6.07, 6.45) is 1.12. The van der Waals surface area contributed by atoms with E-state index in [4.69, 9.17) is 5.11 Å². The van der Waals surface area contributed by atoms with Crippen molar-refractivity contribution in [3.63, 3.8) is 0 Å². The molecule has 0 fully saturated rings. The van der Waals surface area contributed by atoms with Gasteiger partial charge in [-0.15, -0.1) is 0 Å². The van der Waals surface area contributed by atoms with Crippen LogP contribution in [0.1, 0.15) is 36.0 Å². The van der Waals surface area contributed by atoms with E-state index in [0.717, 1.165) is 22.9 Å². The lowest BCUT2D eigenvalue weighted by molar-refractivity contribution is 0.167. The molecule has 2 rings (SSSR count). The minimum Gasteiger partial charge on any atom is -0.396 e. The number of aliphatic hydroxyl groups excluding tert-OH is 2. The first-order chi connectivity index (χ1) is 6.72. The number of hydrogen-bond acceptors (Lipinski definition) is 2. The Labute approximate surface area is 91.7 Å². The molecule has 0 bridgehead atoms. The lowest BCUT2D eigenvalue weighted by Crippen LogP contribution is -1.96. The Balaban J connectivity index is 2.34. The van der Waals surface area contributed by atoms with E-state index < -0.39 is 0 Å². The molecule has 1 aromatic carbocycles. The summed E-state index contributed by atoms with van der Waals surface area (Å²) >= 11 is 3.39. The summed E-state index contributed by atoms with van der Waals surface area (Å²) in [5.74, 6) is 0.318. The maximum Gasteiger partial charge on any atom is 0.0799 e. The van der Waals surface area contributed by atoms with E-state index in [1.165, 1.54) is 5.56 Å². The summed E-state index contributed by atoms with van der Waals surface area (Å²) in [5.41, 5.74) is 2.20. The summed E-state index contributed by atoms with van der Waals surface area (Å²) in [7, 11) is 0.